The van der Waals surface area contributed by atoms with Crippen molar-refractivity contribution in [3.05, 3.63) is 23.8 Å². The maximum Gasteiger partial charge on any atom is 0.446 e. The number of halogens is 6. The Kier molecular flexibility index (Phi) is 6.19. The van der Waals surface area contributed by atoms with Crippen LogP contribution < -0.4 is 4.74 Å². The zero-order valence-corrected chi connectivity index (χ0v) is 11.1. The topological polar surface area (TPSA) is 9.23 Å². The zero-order valence-electron chi connectivity index (χ0n) is 9.52. The van der Waals surface area contributed by atoms with Gasteiger partial charge < -0.3 is 4.74 Å². The molecule has 0 N–H and O–H groups in total. The maximum atomic E-state index is 12.3. The Morgan fingerprint density at radius 3 is 2.47 bits per heavy atom. The monoisotopic (exact) mass is 320 g/mol. The third-order valence-corrected chi connectivity index (χ3v) is 3.18. The van der Waals surface area contributed by atoms with E-state index < -0.39 is 12.1 Å². The normalized spacial score (nSPS) is 11.9. The van der Waals surface area contributed by atoms with E-state index >= 15 is 0 Å². The van der Waals surface area contributed by atoms with Gasteiger partial charge in [-0.1, -0.05) is 0 Å². The molecule has 0 saturated heterocycles. The fraction of sp³-hybridized carbons (Fsp3) is 0.455. The van der Waals surface area contributed by atoms with Crippen LogP contribution in [0.25, 0.3) is 0 Å². The van der Waals surface area contributed by atoms with Gasteiger partial charge in [0, 0.05) is 10.8 Å². The highest BCUT2D eigenvalue weighted by molar-refractivity contribution is 8.00. The fourth-order valence-corrected chi connectivity index (χ4v) is 2.22. The summed E-state index contributed by atoms with van der Waals surface area (Å²) in [5, 5.41) is 0. The molecule has 0 aliphatic rings. The van der Waals surface area contributed by atoms with Crippen LogP contribution in [-0.2, 0) is 6.42 Å². The molecule has 0 heterocycles. The number of alkyl halides is 6. The van der Waals surface area contributed by atoms with Gasteiger partial charge in [0.1, 0.15) is 5.75 Å². The second-order valence-electron chi connectivity index (χ2n) is 3.49. The molecule has 1 nitrogen and oxygen atoms in total. The average molecular weight is 321 g/mol. The van der Waals surface area contributed by atoms with Gasteiger partial charge in [0.15, 0.2) is 0 Å². The highest BCUT2D eigenvalue weighted by Crippen LogP contribution is 2.40. The molecule has 1 rings (SSSR count). The summed E-state index contributed by atoms with van der Waals surface area (Å²) in [6.45, 7) is -3.01. The van der Waals surface area contributed by atoms with Crippen molar-refractivity contribution in [3.63, 3.8) is 0 Å². The maximum absolute atomic E-state index is 12.3. The minimum atomic E-state index is -4.43. The second-order valence-corrected chi connectivity index (χ2v) is 4.97. The number of hydrogen-bond donors (Lipinski definition) is 0. The number of aryl methyl sites for hydroxylation is 1. The molecule has 0 spiro atoms. The number of rotatable bonds is 6. The van der Waals surface area contributed by atoms with Gasteiger partial charge in [-0.2, -0.15) is 22.0 Å². The fourth-order valence-electron chi connectivity index (χ4n) is 1.41. The third kappa shape index (κ3) is 6.33. The van der Waals surface area contributed by atoms with Crippen LogP contribution in [0.5, 0.6) is 5.75 Å². The van der Waals surface area contributed by atoms with Gasteiger partial charge in [-0.3, -0.25) is 0 Å². The van der Waals surface area contributed by atoms with Crippen LogP contribution in [0.1, 0.15) is 12.0 Å². The number of ether oxygens (including phenoxy) is 1. The molecule has 0 bridgehead atoms. The average Bonchev–Trinajstić information content (AvgIpc) is 2.26. The van der Waals surface area contributed by atoms with Crippen molar-refractivity contribution in [3.8, 4) is 5.75 Å². The molecule has 1 aromatic carbocycles. The third-order valence-electron chi connectivity index (χ3n) is 2.06. The predicted molar refractivity (Wildman–Crippen MR) is 64.0 cm³/mol. The Morgan fingerprint density at radius 1 is 1.26 bits per heavy atom. The molecule has 19 heavy (non-hydrogen) atoms. The summed E-state index contributed by atoms with van der Waals surface area (Å²) in [6, 6.07) is 3.40. The molecule has 0 fully saturated rings. The van der Waals surface area contributed by atoms with Crippen molar-refractivity contribution in [1.82, 2.24) is 0 Å². The lowest BCUT2D eigenvalue weighted by molar-refractivity contribution is -0.0500. The van der Waals surface area contributed by atoms with E-state index in [4.69, 9.17) is 11.6 Å². The lowest BCUT2D eigenvalue weighted by Crippen LogP contribution is -2.04. The molecule has 0 amide bonds. The smallest absolute Gasteiger partial charge is 0.435 e. The van der Waals surface area contributed by atoms with Crippen LogP contribution >= 0.6 is 23.4 Å². The van der Waals surface area contributed by atoms with E-state index in [9.17, 15) is 22.0 Å². The summed E-state index contributed by atoms with van der Waals surface area (Å²) in [5.41, 5.74) is -4.14. The first-order valence-corrected chi connectivity index (χ1v) is 6.56. The van der Waals surface area contributed by atoms with Gasteiger partial charge in [-0.25, -0.2) is 0 Å². The molecule has 0 aliphatic heterocycles. The quantitative estimate of drug-likeness (QED) is 0.411. The van der Waals surface area contributed by atoms with E-state index in [-0.39, 0.29) is 34.7 Å². The largest absolute Gasteiger partial charge is 0.446 e. The summed E-state index contributed by atoms with van der Waals surface area (Å²) in [4.78, 5) is -0.0285. The van der Waals surface area contributed by atoms with E-state index in [0.717, 1.165) is 12.1 Å². The number of benzene rings is 1. The minimum absolute atomic E-state index is 0.0285. The van der Waals surface area contributed by atoms with Gasteiger partial charge in [-0.15, -0.1) is 11.6 Å². The van der Waals surface area contributed by atoms with Gasteiger partial charge in [-0.05, 0) is 48.4 Å². The molecule has 1 aromatic rings. The Labute approximate surface area is 116 Å². The molecular formula is C11H10ClF5OS. The summed E-state index contributed by atoms with van der Waals surface area (Å²) in [7, 11) is 0. The van der Waals surface area contributed by atoms with Gasteiger partial charge in [0.05, 0.1) is 0 Å². The molecular weight excluding hydrogens is 311 g/mol. The summed E-state index contributed by atoms with van der Waals surface area (Å²) < 4.78 is 65.3. The first-order valence-electron chi connectivity index (χ1n) is 5.21. The number of thioether (sulfide) groups is 1. The van der Waals surface area contributed by atoms with Crippen LogP contribution in [-0.4, -0.2) is 18.0 Å². The van der Waals surface area contributed by atoms with Crippen molar-refractivity contribution in [2.45, 2.75) is 29.9 Å². The van der Waals surface area contributed by atoms with Gasteiger partial charge >= 0.3 is 12.1 Å². The molecule has 8 heteroatoms. The minimum Gasteiger partial charge on any atom is -0.435 e. The van der Waals surface area contributed by atoms with E-state index in [1.165, 1.54) is 6.07 Å². The van der Waals surface area contributed by atoms with Crippen LogP contribution in [0.2, 0.25) is 0 Å². The Bertz CT molecular complexity index is 411. The molecule has 0 atom stereocenters. The van der Waals surface area contributed by atoms with Crippen molar-refractivity contribution < 1.29 is 26.7 Å². The van der Waals surface area contributed by atoms with E-state index in [1.54, 1.807) is 0 Å². The van der Waals surface area contributed by atoms with Crippen LogP contribution in [0, 0.1) is 0 Å². The summed E-state index contributed by atoms with van der Waals surface area (Å²) in [6.07, 6.45) is 0.716. The lowest BCUT2D eigenvalue weighted by Gasteiger charge is -2.13. The first-order chi connectivity index (χ1) is 8.81. The van der Waals surface area contributed by atoms with Crippen LogP contribution in [0.4, 0.5) is 22.0 Å². The van der Waals surface area contributed by atoms with Gasteiger partial charge in [0.25, 0.3) is 0 Å². The van der Waals surface area contributed by atoms with Crippen LogP contribution in [0.3, 0.4) is 0 Å². The van der Waals surface area contributed by atoms with Crippen molar-refractivity contribution in [2.75, 3.05) is 5.88 Å². The molecule has 0 aliphatic carbocycles. The second kappa shape index (κ2) is 7.19. The lowest BCUT2D eigenvalue weighted by atomic mass is 10.1. The highest BCUT2D eigenvalue weighted by Gasteiger charge is 2.30. The first kappa shape index (κ1) is 16.4. The van der Waals surface area contributed by atoms with Crippen molar-refractivity contribution in [1.29, 1.82) is 0 Å². The van der Waals surface area contributed by atoms with E-state index in [1.807, 2.05) is 0 Å². The summed E-state index contributed by atoms with van der Waals surface area (Å²) >= 11 is 5.20. The Balaban J connectivity index is 2.95. The Morgan fingerprint density at radius 2 is 1.95 bits per heavy atom. The van der Waals surface area contributed by atoms with E-state index in [2.05, 4.69) is 4.74 Å². The van der Waals surface area contributed by atoms with Crippen LogP contribution in [0.15, 0.2) is 23.1 Å². The molecule has 0 radical (unpaired) electrons. The van der Waals surface area contributed by atoms with Gasteiger partial charge in [0.2, 0.25) is 0 Å². The Hall–Kier alpha value is -0.690. The SMILES string of the molecule is FC(F)Oc1ccc(SC(F)(F)F)c(CCCCl)c1. The van der Waals surface area contributed by atoms with Crippen molar-refractivity contribution in [2.24, 2.45) is 0 Å². The number of hydrogen-bond acceptors (Lipinski definition) is 2. The molecule has 0 saturated carbocycles. The summed E-state index contributed by atoms with van der Waals surface area (Å²) in [5.74, 6) is 0.113. The zero-order chi connectivity index (χ0) is 14.5. The molecule has 0 unspecified atom stereocenters. The molecule has 108 valence electrons. The molecule has 0 aromatic heterocycles. The standard InChI is InChI=1S/C11H10ClF5OS/c12-5-1-2-7-6-8(18-10(13)14)3-4-9(7)19-11(15,16)17/h3-4,6,10H,1-2,5H2. The van der Waals surface area contributed by atoms with E-state index in [0.29, 0.717) is 12.0 Å². The highest BCUT2D eigenvalue weighted by atomic mass is 35.5. The van der Waals surface area contributed by atoms with Crippen molar-refractivity contribution >= 4 is 23.4 Å². The predicted octanol–water partition coefficient (Wildman–Crippen LogP) is 5.07.